The van der Waals surface area contributed by atoms with Crippen molar-refractivity contribution in [1.29, 1.82) is 5.26 Å². The lowest BCUT2D eigenvalue weighted by Gasteiger charge is -2.31. The van der Waals surface area contributed by atoms with Gasteiger partial charge in [-0.3, -0.25) is 4.90 Å². The highest BCUT2D eigenvalue weighted by Gasteiger charge is 2.22. The third-order valence-corrected chi connectivity index (χ3v) is 4.98. The van der Waals surface area contributed by atoms with Gasteiger partial charge in [0.05, 0.1) is 17.1 Å². The largest absolute Gasteiger partial charge is 0.378 e. The molecule has 22 heavy (non-hydrogen) atoms. The molecular formula is C17H18N4S. The zero-order valence-electron chi connectivity index (χ0n) is 13.2. The molecule has 1 heterocycles. The SMILES string of the molecule is CN(C)c1ccc2c(c1)Sc1cc(N(C)C#N)ccc1N2C. The van der Waals surface area contributed by atoms with Crippen molar-refractivity contribution in [3.63, 3.8) is 0 Å². The lowest BCUT2D eigenvalue weighted by atomic mass is 10.2. The summed E-state index contributed by atoms with van der Waals surface area (Å²) in [5.74, 6) is 0. The maximum absolute atomic E-state index is 9.05. The second kappa shape index (κ2) is 5.47. The lowest BCUT2D eigenvalue weighted by molar-refractivity contribution is 1.08. The molecule has 0 saturated heterocycles. The van der Waals surface area contributed by atoms with E-state index in [-0.39, 0.29) is 0 Å². The average Bonchev–Trinajstić information content (AvgIpc) is 2.53. The first-order valence-corrected chi connectivity index (χ1v) is 7.83. The van der Waals surface area contributed by atoms with Crippen molar-refractivity contribution in [2.45, 2.75) is 9.79 Å². The van der Waals surface area contributed by atoms with Crippen LogP contribution in [0.25, 0.3) is 0 Å². The van der Waals surface area contributed by atoms with Gasteiger partial charge in [-0.1, -0.05) is 11.8 Å². The quantitative estimate of drug-likeness (QED) is 0.620. The first kappa shape index (κ1) is 14.6. The first-order valence-electron chi connectivity index (χ1n) is 7.01. The third-order valence-electron chi connectivity index (χ3n) is 3.88. The summed E-state index contributed by atoms with van der Waals surface area (Å²) in [7, 11) is 7.96. The van der Waals surface area contributed by atoms with Crippen LogP contribution >= 0.6 is 11.8 Å². The summed E-state index contributed by atoms with van der Waals surface area (Å²) in [5, 5.41) is 9.05. The van der Waals surface area contributed by atoms with E-state index < -0.39 is 0 Å². The average molecular weight is 310 g/mol. The Labute approximate surface area is 135 Å². The summed E-state index contributed by atoms with van der Waals surface area (Å²) in [6.45, 7) is 0. The molecule has 5 heteroatoms. The monoisotopic (exact) mass is 310 g/mol. The molecule has 3 rings (SSSR count). The highest BCUT2D eigenvalue weighted by Crippen LogP contribution is 2.49. The Hall–Kier alpha value is -2.32. The maximum atomic E-state index is 9.05. The molecule has 0 aliphatic carbocycles. The fraction of sp³-hybridized carbons (Fsp3) is 0.235. The molecule has 0 amide bonds. The fourth-order valence-electron chi connectivity index (χ4n) is 2.52. The van der Waals surface area contributed by atoms with Gasteiger partial charge in [0.2, 0.25) is 0 Å². The molecule has 112 valence electrons. The van der Waals surface area contributed by atoms with Crippen molar-refractivity contribution in [2.75, 3.05) is 42.9 Å². The van der Waals surface area contributed by atoms with Gasteiger partial charge >= 0.3 is 0 Å². The number of hydrogen-bond donors (Lipinski definition) is 0. The third kappa shape index (κ3) is 2.36. The van der Waals surface area contributed by atoms with Gasteiger partial charge in [-0.05, 0) is 36.4 Å². The van der Waals surface area contributed by atoms with Gasteiger partial charge in [-0.15, -0.1) is 0 Å². The molecule has 1 aliphatic heterocycles. The first-order chi connectivity index (χ1) is 10.5. The van der Waals surface area contributed by atoms with Gasteiger partial charge in [0, 0.05) is 43.7 Å². The molecule has 0 unspecified atom stereocenters. The molecule has 0 aromatic heterocycles. The minimum Gasteiger partial charge on any atom is -0.378 e. The Morgan fingerprint density at radius 1 is 0.955 bits per heavy atom. The molecule has 0 atom stereocenters. The van der Waals surface area contributed by atoms with Crippen molar-refractivity contribution in [2.24, 2.45) is 0 Å². The number of nitriles is 1. The van der Waals surface area contributed by atoms with Crippen LogP contribution in [0.5, 0.6) is 0 Å². The van der Waals surface area contributed by atoms with Crippen LogP contribution in [0.1, 0.15) is 0 Å². The van der Waals surface area contributed by atoms with E-state index in [1.165, 1.54) is 26.9 Å². The molecule has 0 bridgehead atoms. The summed E-state index contributed by atoms with van der Waals surface area (Å²) in [6.07, 6.45) is 2.15. The van der Waals surface area contributed by atoms with Crippen LogP contribution in [-0.2, 0) is 0 Å². The van der Waals surface area contributed by atoms with E-state index in [2.05, 4.69) is 53.4 Å². The van der Waals surface area contributed by atoms with Crippen LogP contribution in [-0.4, -0.2) is 28.2 Å². The van der Waals surface area contributed by atoms with Crippen molar-refractivity contribution in [1.82, 2.24) is 0 Å². The molecule has 4 nitrogen and oxygen atoms in total. The van der Waals surface area contributed by atoms with Gasteiger partial charge in [0.1, 0.15) is 0 Å². The predicted molar refractivity (Wildman–Crippen MR) is 93.4 cm³/mol. The molecule has 1 aliphatic rings. The highest BCUT2D eigenvalue weighted by atomic mass is 32.2. The fourth-order valence-corrected chi connectivity index (χ4v) is 3.73. The van der Waals surface area contributed by atoms with Gasteiger partial charge in [-0.25, -0.2) is 0 Å². The normalized spacial score (nSPS) is 12.2. The Morgan fingerprint density at radius 3 is 2.05 bits per heavy atom. The Kier molecular flexibility index (Phi) is 3.63. The topological polar surface area (TPSA) is 33.5 Å². The van der Waals surface area contributed by atoms with Gasteiger partial charge in [0.25, 0.3) is 0 Å². The zero-order valence-corrected chi connectivity index (χ0v) is 14.0. The Bertz CT molecular complexity index is 764. The summed E-state index contributed by atoms with van der Waals surface area (Å²) in [4.78, 5) is 8.29. The summed E-state index contributed by atoms with van der Waals surface area (Å²) < 4.78 is 0. The van der Waals surface area contributed by atoms with E-state index in [0.717, 1.165) is 5.69 Å². The van der Waals surface area contributed by atoms with E-state index in [9.17, 15) is 0 Å². The van der Waals surface area contributed by atoms with Crippen LogP contribution in [0.3, 0.4) is 0 Å². The number of rotatable bonds is 2. The lowest BCUT2D eigenvalue weighted by Crippen LogP contribution is -2.16. The smallest absolute Gasteiger partial charge is 0.183 e. The minimum absolute atomic E-state index is 0.911. The standard InChI is InChI=1S/C17H18N4S/c1-19(2)12-5-7-14-16(9-12)22-17-10-13(20(3)11-18)6-8-15(17)21(14)4/h5-10H,1-4H3. The minimum atomic E-state index is 0.911. The van der Waals surface area contributed by atoms with E-state index in [0.29, 0.717) is 0 Å². The molecular weight excluding hydrogens is 292 g/mol. The Morgan fingerprint density at radius 2 is 1.50 bits per heavy atom. The van der Waals surface area contributed by atoms with Crippen molar-refractivity contribution in [3.05, 3.63) is 36.4 Å². The molecule has 0 N–H and O–H groups in total. The highest BCUT2D eigenvalue weighted by molar-refractivity contribution is 7.99. The molecule has 2 aromatic rings. The van der Waals surface area contributed by atoms with Gasteiger partial charge < -0.3 is 9.80 Å². The van der Waals surface area contributed by atoms with Gasteiger partial charge in [0.15, 0.2) is 6.19 Å². The zero-order chi connectivity index (χ0) is 15.9. The van der Waals surface area contributed by atoms with Crippen LogP contribution in [0.2, 0.25) is 0 Å². The van der Waals surface area contributed by atoms with E-state index >= 15 is 0 Å². The van der Waals surface area contributed by atoms with Crippen LogP contribution in [0, 0.1) is 11.5 Å². The van der Waals surface area contributed by atoms with Crippen molar-refractivity contribution >= 4 is 34.5 Å². The van der Waals surface area contributed by atoms with Crippen molar-refractivity contribution in [3.8, 4) is 6.19 Å². The van der Waals surface area contributed by atoms with E-state index in [1.54, 1.807) is 23.7 Å². The number of benzene rings is 2. The predicted octanol–water partition coefficient (Wildman–Crippen LogP) is 3.90. The maximum Gasteiger partial charge on any atom is 0.183 e. The van der Waals surface area contributed by atoms with E-state index in [4.69, 9.17) is 5.26 Å². The molecule has 2 aromatic carbocycles. The summed E-state index contributed by atoms with van der Waals surface area (Å²) in [5.41, 5.74) is 4.48. The second-order valence-electron chi connectivity index (χ2n) is 5.52. The van der Waals surface area contributed by atoms with Crippen molar-refractivity contribution < 1.29 is 0 Å². The Balaban J connectivity index is 2.05. The summed E-state index contributed by atoms with van der Waals surface area (Å²) >= 11 is 1.76. The second-order valence-corrected chi connectivity index (χ2v) is 6.60. The molecule has 0 fully saturated rings. The van der Waals surface area contributed by atoms with Gasteiger partial charge in [-0.2, -0.15) is 5.26 Å². The van der Waals surface area contributed by atoms with E-state index in [1.807, 2.05) is 20.2 Å². The van der Waals surface area contributed by atoms with Crippen LogP contribution in [0.4, 0.5) is 22.7 Å². The molecule has 0 saturated carbocycles. The van der Waals surface area contributed by atoms with Crippen LogP contribution < -0.4 is 14.7 Å². The number of fused-ring (bicyclic) bond motifs is 2. The number of hydrogen-bond acceptors (Lipinski definition) is 5. The number of anilines is 4. The summed E-state index contributed by atoms with van der Waals surface area (Å²) in [6, 6.07) is 12.6. The van der Waals surface area contributed by atoms with Crippen LogP contribution in [0.15, 0.2) is 46.2 Å². The molecule has 0 spiro atoms. The molecule has 0 radical (unpaired) electrons. The number of nitrogens with zero attached hydrogens (tertiary/aromatic N) is 4.